The summed E-state index contributed by atoms with van der Waals surface area (Å²) in [7, 11) is 0. The first-order valence-electron chi connectivity index (χ1n) is 10.4. The molecule has 0 fully saturated rings. The SMILES string of the molecule is Cc1cc(CNC(=O)C2=Nc3ncnn3C(C(=O)NCc3ccc(C(=O)O)cc3)C2)ccc1F. The molecule has 11 heteroatoms. The summed E-state index contributed by atoms with van der Waals surface area (Å²) >= 11 is 0. The van der Waals surface area contributed by atoms with Crippen LogP contribution in [0.3, 0.4) is 0 Å². The molecule has 0 radical (unpaired) electrons. The maximum absolute atomic E-state index is 13.5. The lowest BCUT2D eigenvalue weighted by atomic mass is 10.1. The molecule has 1 unspecified atom stereocenters. The molecule has 1 aliphatic heterocycles. The van der Waals surface area contributed by atoms with Crippen molar-refractivity contribution < 1.29 is 23.9 Å². The molecule has 3 aromatic rings. The Bertz CT molecular complexity index is 1280. The maximum Gasteiger partial charge on any atom is 0.335 e. The van der Waals surface area contributed by atoms with Crippen LogP contribution in [0.2, 0.25) is 0 Å². The molecule has 4 rings (SSSR count). The van der Waals surface area contributed by atoms with E-state index in [2.05, 4.69) is 25.7 Å². The Hall–Kier alpha value is -4.41. The Morgan fingerprint density at radius 2 is 1.79 bits per heavy atom. The van der Waals surface area contributed by atoms with Crippen LogP contribution in [-0.2, 0) is 22.7 Å². The number of carboxylic acids is 1. The van der Waals surface area contributed by atoms with Gasteiger partial charge in [0.15, 0.2) is 0 Å². The highest BCUT2D eigenvalue weighted by Crippen LogP contribution is 2.25. The second-order valence-corrected chi connectivity index (χ2v) is 7.77. The van der Waals surface area contributed by atoms with Crippen molar-refractivity contribution in [1.82, 2.24) is 25.4 Å². The highest BCUT2D eigenvalue weighted by Gasteiger charge is 2.32. The Labute approximate surface area is 193 Å². The topological polar surface area (TPSA) is 139 Å². The molecule has 2 amide bonds. The number of carbonyl (C=O) groups is 3. The molecule has 0 aliphatic carbocycles. The standard InChI is InChI=1S/C23H21FN6O4/c1-13-8-15(4-7-17(13)24)11-25-20(31)18-9-19(30-23(29-18)27-12-28-30)21(32)26-10-14-2-5-16(6-3-14)22(33)34/h2-8,12,19H,9-11H2,1H3,(H,25,31)(H,26,32)(H,33,34). The summed E-state index contributed by atoms with van der Waals surface area (Å²) in [6, 6.07) is 9.88. The fourth-order valence-corrected chi connectivity index (χ4v) is 3.50. The van der Waals surface area contributed by atoms with Gasteiger partial charge in [-0.05, 0) is 41.8 Å². The van der Waals surface area contributed by atoms with E-state index >= 15 is 0 Å². The number of aliphatic imine (C=N–C) groups is 1. The molecular formula is C23H21FN6O4. The smallest absolute Gasteiger partial charge is 0.335 e. The molecule has 0 spiro atoms. The van der Waals surface area contributed by atoms with Gasteiger partial charge in [-0.2, -0.15) is 10.1 Å². The van der Waals surface area contributed by atoms with Crippen LogP contribution in [0.5, 0.6) is 0 Å². The van der Waals surface area contributed by atoms with Crippen molar-refractivity contribution in [3.05, 3.63) is 76.9 Å². The van der Waals surface area contributed by atoms with E-state index in [-0.39, 0.29) is 48.5 Å². The van der Waals surface area contributed by atoms with Gasteiger partial charge in [0.25, 0.3) is 5.91 Å². The van der Waals surface area contributed by atoms with Gasteiger partial charge in [0.1, 0.15) is 23.9 Å². The molecular weight excluding hydrogens is 443 g/mol. The summed E-state index contributed by atoms with van der Waals surface area (Å²) in [5.41, 5.74) is 2.20. The number of nitrogens with one attached hydrogen (secondary N) is 2. The molecule has 3 N–H and O–H groups in total. The van der Waals surface area contributed by atoms with Gasteiger partial charge in [0.2, 0.25) is 11.9 Å². The van der Waals surface area contributed by atoms with Gasteiger partial charge in [-0.3, -0.25) is 9.59 Å². The quantitative estimate of drug-likeness (QED) is 0.489. The minimum Gasteiger partial charge on any atom is -0.478 e. The summed E-state index contributed by atoms with van der Waals surface area (Å²) in [5.74, 6) is -2.06. The normalized spacial score (nSPS) is 14.6. The van der Waals surface area contributed by atoms with Crippen molar-refractivity contribution in [2.24, 2.45) is 4.99 Å². The zero-order valence-electron chi connectivity index (χ0n) is 18.2. The lowest BCUT2D eigenvalue weighted by Crippen LogP contribution is -2.39. The van der Waals surface area contributed by atoms with Crippen molar-refractivity contribution in [2.45, 2.75) is 32.5 Å². The number of hydrogen-bond donors (Lipinski definition) is 3. The third-order valence-corrected chi connectivity index (χ3v) is 5.38. The van der Waals surface area contributed by atoms with Crippen LogP contribution in [0, 0.1) is 12.7 Å². The minimum absolute atomic E-state index is 0.00836. The number of aromatic nitrogens is 3. The van der Waals surface area contributed by atoms with Crippen LogP contribution in [0.15, 0.2) is 53.8 Å². The molecule has 0 saturated carbocycles. The van der Waals surface area contributed by atoms with Crippen LogP contribution in [0.25, 0.3) is 0 Å². The van der Waals surface area contributed by atoms with Gasteiger partial charge in [-0.1, -0.05) is 24.3 Å². The van der Waals surface area contributed by atoms with Crippen LogP contribution in [0.4, 0.5) is 10.3 Å². The summed E-state index contributed by atoms with van der Waals surface area (Å²) in [5, 5.41) is 18.6. The molecule has 174 valence electrons. The zero-order chi connectivity index (χ0) is 24.2. The second-order valence-electron chi connectivity index (χ2n) is 7.77. The van der Waals surface area contributed by atoms with Crippen molar-refractivity contribution in [3.63, 3.8) is 0 Å². The predicted molar refractivity (Wildman–Crippen MR) is 119 cm³/mol. The van der Waals surface area contributed by atoms with Crippen LogP contribution < -0.4 is 10.6 Å². The Kier molecular flexibility index (Phi) is 6.44. The maximum atomic E-state index is 13.5. The molecule has 34 heavy (non-hydrogen) atoms. The van der Waals surface area contributed by atoms with Gasteiger partial charge >= 0.3 is 5.97 Å². The molecule has 1 aliphatic rings. The molecule has 0 saturated heterocycles. The van der Waals surface area contributed by atoms with Gasteiger partial charge in [0.05, 0.1) is 5.56 Å². The number of aryl methyl sites for hydroxylation is 1. The molecule has 2 aromatic carbocycles. The highest BCUT2D eigenvalue weighted by molar-refractivity contribution is 6.39. The Morgan fingerprint density at radius 1 is 1.09 bits per heavy atom. The number of aromatic carboxylic acids is 1. The number of rotatable bonds is 7. The summed E-state index contributed by atoms with van der Waals surface area (Å²) in [6.45, 7) is 1.99. The van der Waals surface area contributed by atoms with Gasteiger partial charge in [-0.15, -0.1) is 0 Å². The Morgan fingerprint density at radius 3 is 2.50 bits per heavy atom. The van der Waals surface area contributed by atoms with Crippen LogP contribution in [0.1, 0.15) is 39.5 Å². The number of benzene rings is 2. The Balaban J connectivity index is 1.41. The first-order valence-corrected chi connectivity index (χ1v) is 10.4. The van der Waals surface area contributed by atoms with E-state index in [1.807, 2.05) is 0 Å². The molecule has 1 aromatic heterocycles. The second kappa shape index (κ2) is 9.61. The average Bonchev–Trinajstić information content (AvgIpc) is 3.31. The van der Waals surface area contributed by atoms with E-state index in [1.54, 1.807) is 31.2 Å². The van der Waals surface area contributed by atoms with E-state index in [0.29, 0.717) is 11.1 Å². The third-order valence-electron chi connectivity index (χ3n) is 5.38. The van der Waals surface area contributed by atoms with Gasteiger partial charge in [-0.25, -0.2) is 18.9 Å². The van der Waals surface area contributed by atoms with Crippen LogP contribution >= 0.6 is 0 Å². The lowest BCUT2D eigenvalue weighted by Gasteiger charge is -2.22. The number of carboxylic acid groups (broad SMARTS) is 1. The number of nitrogens with zero attached hydrogens (tertiary/aromatic N) is 4. The van der Waals surface area contributed by atoms with E-state index in [4.69, 9.17) is 5.11 Å². The lowest BCUT2D eigenvalue weighted by molar-refractivity contribution is -0.124. The van der Waals surface area contributed by atoms with Gasteiger partial charge in [0, 0.05) is 19.5 Å². The number of fused-ring (bicyclic) bond motifs is 1. The number of amides is 2. The van der Waals surface area contributed by atoms with Crippen LogP contribution in [-0.4, -0.2) is 43.4 Å². The van der Waals surface area contributed by atoms with Crippen molar-refractivity contribution in [2.75, 3.05) is 0 Å². The van der Waals surface area contributed by atoms with Crippen molar-refractivity contribution in [3.8, 4) is 0 Å². The van der Waals surface area contributed by atoms with E-state index in [1.165, 1.54) is 29.2 Å². The van der Waals surface area contributed by atoms with E-state index in [9.17, 15) is 18.8 Å². The van der Waals surface area contributed by atoms with Crippen molar-refractivity contribution >= 4 is 29.4 Å². The monoisotopic (exact) mass is 464 g/mol. The number of hydrogen-bond acceptors (Lipinski definition) is 6. The fourth-order valence-electron chi connectivity index (χ4n) is 3.50. The van der Waals surface area contributed by atoms with Crippen molar-refractivity contribution in [1.29, 1.82) is 0 Å². The molecule has 1 atom stereocenters. The molecule has 0 bridgehead atoms. The minimum atomic E-state index is -1.03. The van der Waals surface area contributed by atoms with Gasteiger partial charge < -0.3 is 15.7 Å². The summed E-state index contributed by atoms with van der Waals surface area (Å²) < 4.78 is 14.8. The number of halogens is 1. The average molecular weight is 464 g/mol. The number of carbonyl (C=O) groups excluding carboxylic acids is 2. The third kappa shape index (κ3) is 4.98. The molecule has 2 heterocycles. The largest absolute Gasteiger partial charge is 0.478 e. The molecule has 10 nitrogen and oxygen atoms in total. The summed E-state index contributed by atoms with van der Waals surface area (Å²) in [6.07, 6.45) is 1.26. The first-order chi connectivity index (χ1) is 16.3. The first kappa shape index (κ1) is 22.8. The predicted octanol–water partition coefficient (Wildman–Crippen LogP) is 2.07. The van der Waals surface area contributed by atoms with E-state index < -0.39 is 17.9 Å². The zero-order valence-corrected chi connectivity index (χ0v) is 18.2. The highest BCUT2D eigenvalue weighted by atomic mass is 19.1. The van der Waals surface area contributed by atoms with E-state index in [0.717, 1.165) is 5.56 Å². The fraction of sp³-hybridized carbons (Fsp3) is 0.217. The summed E-state index contributed by atoms with van der Waals surface area (Å²) in [4.78, 5) is 44.9.